The van der Waals surface area contributed by atoms with Crippen molar-refractivity contribution in [2.45, 2.75) is 31.7 Å². The first-order valence-corrected chi connectivity index (χ1v) is 9.01. The van der Waals surface area contributed by atoms with Gasteiger partial charge in [0.15, 0.2) is 0 Å². The van der Waals surface area contributed by atoms with Crippen LogP contribution in [0.25, 0.3) is 21.5 Å². The minimum Gasteiger partial charge on any atom is -0.300 e. The molecule has 1 nitrogen and oxygen atoms in total. The summed E-state index contributed by atoms with van der Waals surface area (Å²) in [5.74, 6) is 0.987. The van der Waals surface area contributed by atoms with Crippen molar-refractivity contribution in [3.05, 3.63) is 60.2 Å². The van der Waals surface area contributed by atoms with E-state index in [0.29, 0.717) is 0 Å². The zero-order valence-electron chi connectivity index (χ0n) is 13.9. The van der Waals surface area contributed by atoms with E-state index in [2.05, 4.69) is 59.5 Å². The average molecular weight is 382 g/mol. The highest BCUT2D eigenvalue weighted by atomic mass is 79.9. The maximum absolute atomic E-state index is 2.74. The van der Waals surface area contributed by atoms with Gasteiger partial charge in [-0.1, -0.05) is 42.5 Å². The van der Waals surface area contributed by atoms with Crippen molar-refractivity contribution in [1.29, 1.82) is 0 Å². The van der Waals surface area contributed by atoms with E-state index in [9.17, 15) is 0 Å². The largest absolute Gasteiger partial charge is 0.300 e. The van der Waals surface area contributed by atoms with Gasteiger partial charge in [0.25, 0.3) is 0 Å². The number of nitrogens with zero attached hydrogens (tertiary/aromatic N) is 1. The van der Waals surface area contributed by atoms with Gasteiger partial charge >= 0.3 is 0 Å². The standard InChI is InChI=1S/C22H23N.BrH/c1-2-5-18-15-22-19(13-17(18)4-1)6-3-7-20(22)14-21-12-16-8-10-23(21)11-9-16;/h1-7,13,15-16,21H,8-12,14H2;1H. The normalized spacial score (nSPS) is 25.8. The van der Waals surface area contributed by atoms with Crippen LogP contribution in [0.2, 0.25) is 0 Å². The van der Waals surface area contributed by atoms with Crippen LogP contribution in [0.1, 0.15) is 24.8 Å². The first-order chi connectivity index (χ1) is 11.4. The molecule has 0 amide bonds. The van der Waals surface area contributed by atoms with Crippen molar-refractivity contribution in [1.82, 2.24) is 4.90 Å². The Kier molecular flexibility index (Phi) is 4.36. The Labute approximate surface area is 154 Å². The van der Waals surface area contributed by atoms with Crippen LogP contribution in [0.15, 0.2) is 54.6 Å². The maximum atomic E-state index is 2.74. The Morgan fingerprint density at radius 2 is 1.54 bits per heavy atom. The highest BCUT2D eigenvalue weighted by molar-refractivity contribution is 8.93. The fourth-order valence-corrected chi connectivity index (χ4v) is 4.76. The highest BCUT2D eigenvalue weighted by Crippen LogP contribution is 2.35. The number of rotatable bonds is 2. The van der Waals surface area contributed by atoms with E-state index in [4.69, 9.17) is 0 Å². The maximum Gasteiger partial charge on any atom is 0.0138 e. The van der Waals surface area contributed by atoms with Gasteiger partial charge in [-0.25, -0.2) is 0 Å². The SMILES string of the molecule is Br.c1ccc2cc3c(CC4CC5CCN4CC5)cccc3cc2c1. The third-order valence-corrected chi connectivity index (χ3v) is 6.06. The van der Waals surface area contributed by atoms with Gasteiger partial charge in [-0.3, -0.25) is 0 Å². The van der Waals surface area contributed by atoms with Crippen LogP contribution in [0, 0.1) is 5.92 Å². The summed E-state index contributed by atoms with van der Waals surface area (Å²) in [5.41, 5.74) is 1.53. The van der Waals surface area contributed by atoms with Gasteiger partial charge in [0.05, 0.1) is 0 Å². The number of halogens is 1. The highest BCUT2D eigenvalue weighted by Gasteiger charge is 2.33. The Balaban J connectivity index is 0.00000146. The minimum absolute atomic E-state index is 0. The van der Waals surface area contributed by atoms with E-state index in [-0.39, 0.29) is 17.0 Å². The molecule has 3 aromatic rings. The molecule has 3 aliphatic heterocycles. The Bertz CT molecular complexity index is 864. The summed E-state index contributed by atoms with van der Waals surface area (Å²) in [6.07, 6.45) is 5.48. The third-order valence-electron chi connectivity index (χ3n) is 6.06. The van der Waals surface area contributed by atoms with Crippen molar-refractivity contribution in [3.63, 3.8) is 0 Å². The number of piperidine rings is 3. The van der Waals surface area contributed by atoms with Crippen LogP contribution in [-0.4, -0.2) is 24.0 Å². The van der Waals surface area contributed by atoms with Crippen LogP contribution in [0.5, 0.6) is 0 Å². The summed E-state index contributed by atoms with van der Waals surface area (Å²) < 4.78 is 0. The fourth-order valence-electron chi connectivity index (χ4n) is 4.76. The molecule has 3 aliphatic rings. The van der Waals surface area contributed by atoms with Gasteiger partial charge in [-0.15, -0.1) is 17.0 Å². The van der Waals surface area contributed by atoms with Gasteiger partial charge in [0, 0.05) is 6.04 Å². The number of hydrogen-bond donors (Lipinski definition) is 0. The van der Waals surface area contributed by atoms with Crippen molar-refractivity contribution in [2.75, 3.05) is 13.1 Å². The molecule has 124 valence electrons. The van der Waals surface area contributed by atoms with E-state index < -0.39 is 0 Å². The van der Waals surface area contributed by atoms with E-state index in [1.165, 1.54) is 65.9 Å². The lowest BCUT2D eigenvalue weighted by Gasteiger charge is -2.45. The third kappa shape index (κ3) is 2.76. The molecule has 2 heteroatoms. The molecule has 3 fully saturated rings. The molecule has 0 aliphatic carbocycles. The lowest BCUT2D eigenvalue weighted by molar-refractivity contribution is 0.0500. The summed E-state index contributed by atoms with van der Waals surface area (Å²) in [5, 5.41) is 5.54. The molecule has 0 N–H and O–H groups in total. The van der Waals surface area contributed by atoms with Crippen LogP contribution in [0.4, 0.5) is 0 Å². The summed E-state index contributed by atoms with van der Waals surface area (Å²) in [4.78, 5) is 2.74. The molecule has 1 unspecified atom stereocenters. The molecule has 0 saturated carbocycles. The van der Waals surface area contributed by atoms with Crippen molar-refractivity contribution in [2.24, 2.45) is 5.92 Å². The quantitative estimate of drug-likeness (QED) is 0.522. The molecule has 3 saturated heterocycles. The Morgan fingerprint density at radius 3 is 2.25 bits per heavy atom. The molecule has 0 spiro atoms. The molecular weight excluding hydrogens is 358 g/mol. The molecule has 0 aromatic heterocycles. The van der Waals surface area contributed by atoms with Gasteiger partial charge < -0.3 is 4.90 Å². The average Bonchev–Trinajstić information content (AvgIpc) is 2.61. The van der Waals surface area contributed by atoms with E-state index in [1.807, 2.05) is 0 Å². The summed E-state index contributed by atoms with van der Waals surface area (Å²) in [6, 6.07) is 21.1. The first-order valence-electron chi connectivity index (χ1n) is 9.01. The van der Waals surface area contributed by atoms with Gasteiger partial charge in [0.2, 0.25) is 0 Å². The van der Waals surface area contributed by atoms with Crippen molar-refractivity contribution in [3.8, 4) is 0 Å². The van der Waals surface area contributed by atoms with Crippen LogP contribution in [0.3, 0.4) is 0 Å². The minimum atomic E-state index is 0. The lowest BCUT2D eigenvalue weighted by Crippen LogP contribution is -2.49. The second-order valence-corrected chi connectivity index (χ2v) is 7.41. The molecule has 3 heterocycles. The molecular formula is C22H24BrN. The fraction of sp³-hybridized carbons (Fsp3) is 0.364. The number of benzene rings is 3. The Morgan fingerprint density at radius 1 is 0.833 bits per heavy atom. The van der Waals surface area contributed by atoms with E-state index >= 15 is 0 Å². The van der Waals surface area contributed by atoms with Crippen LogP contribution < -0.4 is 0 Å². The second-order valence-electron chi connectivity index (χ2n) is 7.41. The van der Waals surface area contributed by atoms with Gasteiger partial charge in [0.1, 0.15) is 0 Å². The van der Waals surface area contributed by atoms with E-state index in [1.54, 1.807) is 0 Å². The molecule has 24 heavy (non-hydrogen) atoms. The van der Waals surface area contributed by atoms with Crippen LogP contribution in [-0.2, 0) is 6.42 Å². The molecule has 1 atom stereocenters. The summed E-state index contributed by atoms with van der Waals surface area (Å²) >= 11 is 0. The monoisotopic (exact) mass is 381 g/mol. The molecule has 2 bridgehead atoms. The van der Waals surface area contributed by atoms with Crippen molar-refractivity contribution >= 4 is 38.5 Å². The summed E-state index contributed by atoms with van der Waals surface area (Å²) in [7, 11) is 0. The predicted octanol–water partition coefficient (Wildman–Crippen LogP) is 5.60. The van der Waals surface area contributed by atoms with Crippen molar-refractivity contribution < 1.29 is 0 Å². The van der Waals surface area contributed by atoms with E-state index in [0.717, 1.165) is 12.0 Å². The van der Waals surface area contributed by atoms with Gasteiger partial charge in [-0.05, 0) is 83.9 Å². The van der Waals surface area contributed by atoms with Crippen LogP contribution >= 0.6 is 17.0 Å². The zero-order valence-corrected chi connectivity index (χ0v) is 15.7. The zero-order chi connectivity index (χ0) is 15.2. The first kappa shape index (κ1) is 16.1. The smallest absolute Gasteiger partial charge is 0.0138 e. The lowest BCUT2D eigenvalue weighted by atomic mass is 9.80. The predicted molar refractivity (Wildman–Crippen MR) is 108 cm³/mol. The molecule has 0 radical (unpaired) electrons. The topological polar surface area (TPSA) is 3.24 Å². The molecule has 6 rings (SSSR count). The molecule has 3 aromatic carbocycles. The van der Waals surface area contributed by atoms with Gasteiger partial charge in [-0.2, -0.15) is 0 Å². The number of hydrogen-bond acceptors (Lipinski definition) is 1. The second kappa shape index (κ2) is 6.50. The Hall–Kier alpha value is -1.38. The number of fused-ring (bicyclic) bond motifs is 5. The summed E-state index contributed by atoms with van der Waals surface area (Å²) in [6.45, 7) is 2.64.